The number of benzene rings is 1. The lowest BCUT2D eigenvalue weighted by Crippen LogP contribution is -2.20. The Kier molecular flexibility index (Phi) is 7.81. The van der Waals surface area contributed by atoms with Crippen molar-refractivity contribution in [2.45, 2.75) is 46.8 Å². The Morgan fingerprint density at radius 3 is 2.71 bits per heavy atom. The molecule has 0 unspecified atom stereocenters. The SMILES string of the molecule is C=C/C=N\C(=C\c1c(CC(C)(C)CO)c2cc(Br)ccc2n1CC)[C@H](C)OC. The molecular formula is C23H31BrN2O2. The van der Waals surface area contributed by atoms with Gasteiger partial charge in [-0.05, 0) is 55.5 Å². The van der Waals surface area contributed by atoms with E-state index in [1.807, 2.05) is 6.92 Å². The minimum atomic E-state index is -0.227. The smallest absolute Gasteiger partial charge is 0.0963 e. The summed E-state index contributed by atoms with van der Waals surface area (Å²) in [6.07, 6.45) is 6.07. The fourth-order valence-corrected chi connectivity index (χ4v) is 3.66. The number of aliphatic hydroxyl groups is 1. The maximum atomic E-state index is 9.88. The number of allylic oxidation sites excluding steroid dienone is 1. The Balaban J connectivity index is 2.82. The van der Waals surface area contributed by atoms with Crippen molar-refractivity contribution in [2.24, 2.45) is 10.4 Å². The van der Waals surface area contributed by atoms with Gasteiger partial charge in [-0.15, -0.1) is 0 Å². The highest BCUT2D eigenvalue weighted by Crippen LogP contribution is 2.35. The number of aliphatic hydroxyl groups excluding tert-OH is 1. The van der Waals surface area contributed by atoms with E-state index in [9.17, 15) is 5.11 Å². The Morgan fingerprint density at radius 1 is 1.43 bits per heavy atom. The molecule has 0 radical (unpaired) electrons. The highest BCUT2D eigenvalue weighted by Gasteiger charge is 2.24. The summed E-state index contributed by atoms with van der Waals surface area (Å²) in [5, 5.41) is 11.1. The Morgan fingerprint density at radius 2 is 2.14 bits per heavy atom. The molecule has 5 heteroatoms. The Bertz CT molecular complexity index is 894. The lowest BCUT2D eigenvalue weighted by molar-refractivity contribution is 0.147. The number of aromatic nitrogens is 1. The van der Waals surface area contributed by atoms with E-state index < -0.39 is 0 Å². The van der Waals surface area contributed by atoms with Crippen molar-refractivity contribution < 1.29 is 9.84 Å². The van der Waals surface area contributed by atoms with Gasteiger partial charge >= 0.3 is 0 Å². The molecule has 1 N–H and O–H groups in total. The molecular weight excluding hydrogens is 416 g/mol. The molecule has 0 spiro atoms. The van der Waals surface area contributed by atoms with Crippen LogP contribution in [0.1, 0.15) is 39.0 Å². The number of rotatable bonds is 9. The van der Waals surface area contributed by atoms with Crippen molar-refractivity contribution in [3.63, 3.8) is 0 Å². The average molecular weight is 447 g/mol. The molecule has 0 aliphatic rings. The largest absolute Gasteiger partial charge is 0.396 e. The van der Waals surface area contributed by atoms with Gasteiger partial charge in [-0.25, -0.2) is 0 Å². The first-order valence-corrected chi connectivity index (χ1v) is 10.4. The summed E-state index contributed by atoms with van der Waals surface area (Å²) in [5.41, 5.74) is 4.11. The quantitative estimate of drug-likeness (QED) is 0.508. The zero-order valence-corrected chi connectivity index (χ0v) is 19.1. The molecule has 0 saturated carbocycles. The monoisotopic (exact) mass is 446 g/mol. The Labute approximate surface area is 176 Å². The number of nitrogens with zero attached hydrogens (tertiary/aromatic N) is 2. The predicted octanol–water partition coefficient (Wildman–Crippen LogP) is 5.62. The molecule has 28 heavy (non-hydrogen) atoms. The van der Waals surface area contributed by atoms with Crippen LogP contribution < -0.4 is 0 Å². The maximum absolute atomic E-state index is 9.88. The van der Waals surface area contributed by atoms with Gasteiger partial charge in [0, 0.05) is 47.5 Å². The maximum Gasteiger partial charge on any atom is 0.0963 e. The van der Waals surface area contributed by atoms with Gasteiger partial charge < -0.3 is 14.4 Å². The number of fused-ring (bicyclic) bond motifs is 1. The first-order chi connectivity index (χ1) is 13.3. The molecule has 2 aromatic rings. The normalized spacial score (nSPS) is 14.2. The number of halogens is 1. The van der Waals surface area contributed by atoms with Gasteiger partial charge in [0.1, 0.15) is 0 Å². The van der Waals surface area contributed by atoms with Crippen molar-refractivity contribution in [2.75, 3.05) is 13.7 Å². The molecule has 0 aliphatic carbocycles. The lowest BCUT2D eigenvalue weighted by Gasteiger charge is -2.22. The van der Waals surface area contributed by atoms with Crippen LogP contribution >= 0.6 is 15.9 Å². The van der Waals surface area contributed by atoms with Crippen molar-refractivity contribution in [1.29, 1.82) is 0 Å². The van der Waals surface area contributed by atoms with Crippen LogP contribution in [0.2, 0.25) is 0 Å². The van der Waals surface area contributed by atoms with Gasteiger partial charge in [-0.1, -0.05) is 42.4 Å². The second-order valence-corrected chi connectivity index (χ2v) is 8.65. The summed E-state index contributed by atoms with van der Waals surface area (Å²) >= 11 is 3.61. The zero-order chi connectivity index (χ0) is 20.9. The third-order valence-electron chi connectivity index (χ3n) is 4.96. The molecule has 1 aromatic carbocycles. The topological polar surface area (TPSA) is 46.8 Å². The first-order valence-electron chi connectivity index (χ1n) is 9.59. The summed E-state index contributed by atoms with van der Waals surface area (Å²) in [6.45, 7) is 13.0. The molecule has 1 aromatic heterocycles. The molecule has 0 aliphatic heterocycles. The third kappa shape index (κ3) is 5.02. The van der Waals surface area contributed by atoms with Crippen LogP contribution in [0.5, 0.6) is 0 Å². The second-order valence-electron chi connectivity index (χ2n) is 7.73. The van der Waals surface area contributed by atoms with E-state index in [2.05, 4.69) is 77.1 Å². The standard InChI is InChI=1S/C23H31BrN2O2/c1-7-11-25-20(16(3)28-6)13-22-19(14-23(4,5)15-27)18-12-17(24)9-10-21(18)26(22)8-2/h7,9-13,16,27H,1,8,14-15H2,2-6H3/b20-13+,25-11-/t16-/m0/s1. The molecule has 2 rings (SSSR count). The fourth-order valence-electron chi connectivity index (χ4n) is 3.30. The summed E-state index contributed by atoms with van der Waals surface area (Å²) < 4.78 is 8.88. The van der Waals surface area contributed by atoms with Crippen LogP contribution in [0.3, 0.4) is 0 Å². The van der Waals surface area contributed by atoms with Gasteiger partial charge in [0.2, 0.25) is 0 Å². The van der Waals surface area contributed by atoms with Crippen molar-refractivity contribution in [3.8, 4) is 0 Å². The summed E-state index contributed by atoms with van der Waals surface area (Å²) in [4.78, 5) is 4.55. The predicted molar refractivity (Wildman–Crippen MR) is 123 cm³/mol. The first kappa shape index (κ1) is 22.6. The molecule has 152 valence electrons. The lowest BCUT2D eigenvalue weighted by atomic mass is 9.85. The van der Waals surface area contributed by atoms with E-state index in [1.54, 1.807) is 19.4 Å². The second kappa shape index (κ2) is 9.68. The van der Waals surface area contributed by atoms with Crippen molar-refractivity contribution >= 4 is 39.1 Å². The van der Waals surface area contributed by atoms with E-state index >= 15 is 0 Å². The molecule has 1 atom stereocenters. The van der Waals surface area contributed by atoms with E-state index in [0.717, 1.165) is 28.8 Å². The fraction of sp³-hybridized carbons (Fsp3) is 0.435. The number of methoxy groups -OCH3 is 1. The summed E-state index contributed by atoms with van der Waals surface area (Å²) in [7, 11) is 1.68. The summed E-state index contributed by atoms with van der Waals surface area (Å²) in [6, 6.07) is 6.37. The molecule has 0 bridgehead atoms. The number of aryl methyl sites for hydroxylation is 1. The summed E-state index contributed by atoms with van der Waals surface area (Å²) in [5.74, 6) is 0. The van der Waals surface area contributed by atoms with Crippen LogP contribution in [-0.2, 0) is 17.7 Å². The molecule has 1 heterocycles. The van der Waals surface area contributed by atoms with Crippen LogP contribution in [-0.4, -0.2) is 35.7 Å². The highest BCUT2D eigenvalue weighted by molar-refractivity contribution is 9.10. The molecule has 0 fully saturated rings. The minimum absolute atomic E-state index is 0.124. The van der Waals surface area contributed by atoms with E-state index in [1.165, 1.54) is 16.5 Å². The number of ether oxygens (including phenoxy) is 1. The van der Waals surface area contributed by atoms with Crippen LogP contribution in [0.25, 0.3) is 17.0 Å². The van der Waals surface area contributed by atoms with E-state index in [4.69, 9.17) is 4.74 Å². The van der Waals surface area contributed by atoms with E-state index in [0.29, 0.717) is 0 Å². The number of hydrogen-bond acceptors (Lipinski definition) is 3. The highest BCUT2D eigenvalue weighted by atomic mass is 79.9. The van der Waals surface area contributed by atoms with Gasteiger partial charge in [0.05, 0.1) is 11.8 Å². The molecule has 0 saturated heterocycles. The van der Waals surface area contributed by atoms with Gasteiger partial charge in [-0.3, -0.25) is 4.99 Å². The Hall–Kier alpha value is -1.69. The zero-order valence-electron chi connectivity index (χ0n) is 17.5. The number of hydrogen-bond donors (Lipinski definition) is 1. The third-order valence-corrected chi connectivity index (χ3v) is 5.45. The molecule has 0 amide bonds. The van der Waals surface area contributed by atoms with Gasteiger partial charge in [0.25, 0.3) is 0 Å². The average Bonchev–Trinajstić information content (AvgIpc) is 2.95. The minimum Gasteiger partial charge on any atom is -0.396 e. The number of aliphatic imine (C=N–C) groups is 1. The van der Waals surface area contributed by atoms with E-state index in [-0.39, 0.29) is 18.1 Å². The van der Waals surface area contributed by atoms with Gasteiger partial charge in [-0.2, -0.15) is 0 Å². The van der Waals surface area contributed by atoms with Crippen molar-refractivity contribution in [1.82, 2.24) is 4.57 Å². The molecule has 4 nitrogen and oxygen atoms in total. The van der Waals surface area contributed by atoms with Crippen LogP contribution in [0, 0.1) is 5.41 Å². The van der Waals surface area contributed by atoms with Crippen LogP contribution in [0.4, 0.5) is 0 Å². The van der Waals surface area contributed by atoms with Crippen LogP contribution in [0.15, 0.2) is 46.0 Å². The van der Waals surface area contributed by atoms with Crippen molar-refractivity contribution in [3.05, 3.63) is 52.3 Å². The van der Waals surface area contributed by atoms with Gasteiger partial charge in [0.15, 0.2) is 0 Å².